The lowest BCUT2D eigenvalue weighted by molar-refractivity contribution is -0.384. The highest BCUT2D eigenvalue weighted by Gasteiger charge is 2.16. The lowest BCUT2D eigenvalue weighted by atomic mass is 10.1. The summed E-state index contributed by atoms with van der Waals surface area (Å²) in [6.07, 6.45) is 1.40. The van der Waals surface area contributed by atoms with E-state index in [2.05, 4.69) is 37.2 Å². The van der Waals surface area contributed by atoms with Crippen molar-refractivity contribution in [2.24, 2.45) is 0 Å². The fourth-order valence-electron chi connectivity index (χ4n) is 3.00. The molecule has 34 heavy (non-hydrogen) atoms. The Morgan fingerprint density at radius 3 is 2.53 bits per heavy atom. The number of nitro benzene ring substituents is 1. The van der Waals surface area contributed by atoms with Crippen molar-refractivity contribution < 1.29 is 14.5 Å². The molecule has 0 bridgehead atoms. The molecular formula is C24H16Br2ClN3O4. The van der Waals surface area contributed by atoms with Gasteiger partial charge in [0.15, 0.2) is 0 Å². The van der Waals surface area contributed by atoms with Crippen LogP contribution in [0.25, 0.3) is 6.08 Å². The molecule has 0 fully saturated rings. The Labute approximate surface area is 217 Å². The third-order valence-electron chi connectivity index (χ3n) is 4.56. The first-order chi connectivity index (χ1) is 16.2. The summed E-state index contributed by atoms with van der Waals surface area (Å²) in [6.45, 7) is 2.38. The van der Waals surface area contributed by atoms with Gasteiger partial charge in [0, 0.05) is 11.8 Å². The standard InChI is InChI=1S/C24H16Br2ClN3O4/c1-14-3-2-4-15(7-14)13-34-23-19(25)9-16(10-20(23)26)8-17(12-28)24(31)29-18-5-6-21(27)22(11-18)30(32)33/h2-11H,13H2,1H3,(H,29,31)/b17-8+. The van der Waals surface area contributed by atoms with Gasteiger partial charge in [0.05, 0.1) is 13.9 Å². The molecule has 7 nitrogen and oxygen atoms in total. The van der Waals surface area contributed by atoms with E-state index in [9.17, 15) is 20.2 Å². The zero-order valence-corrected chi connectivity index (χ0v) is 21.6. The summed E-state index contributed by atoms with van der Waals surface area (Å²) in [6, 6.07) is 17.1. The van der Waals surface area contributed by atoms with Crippen molar-refractivity contribution in [3.63, 3.8) is 0 Å². The number of amides is 1. The first-order valence-corrected chi connectivity index (χ1v) is 11.7. The number of hydrogen-bond acceptors (Lipinski definition) is 5. The van der Waals surface area contributed by atoms with Crippen molar-refractivity contribution in [3.8, 4) is 11.8 Å². The molecule has 0 spiro atoms. The zero-order valence-electron chi connectivity index (χ0n) is 17.6. The minimum absolute atomic E-state index is 0.0570. The maximum Gasteiger partial charge on any atom is 0.289 e. The Balaban J connectivity index is 1.79. The number of halogens is 3. The predicted molar refractivity (Wildman–Crippen MR) is 138 cm³/mol. The average Bonchev–Trinajstić information content (AvgIpc) is 2.78. The van der Waals surface area contributed by atoms with Crippen molar-refractivity contribution in [2.75, 3.05) is 5.32 Å². The van der Waals surface area contributed by atoms with Gasteiger partial charge in [0.2, 0.25) is 0 Å². The van der Waals surface area contributed by atoms with E-state index >= 15 is 0 Å². The van der Waals surface area contributed by atoms with E-state index in [1.54, 1.807) is 12.1 Å². The molecule has 0 heterocycles. The summed E-state index contributed by atoms with van der Waals surface area (Å²) in [7, 11) is 0. The Hall–Kier alpha value is -3.19. The molecule has 0 aliphatic rings. The molecule has 0 saturated heterocycles. The highest BCUT2D eigenvalue weighted by Crippen LogP contribution is 2.36. The second kappa shape index (κ2) is 11.3. The van der Waals surface area contributed by atoms with E-state index in [0.717, 1.165) is 17.2 Å². The Morgan fingerprint density at radius 2 is 1.91 bits per heavy atom. The number of carbonyl (C=O) groups excluding carboxylic acids is 1. The number of nitriles is 1. The van der Waals surface area contributed by atoms with Crippen LogP contribution in [-0.4, -0.2) is 10.8 Å². The van der Waals surface area contributed by atoms with Gasteiger partial charge in [-0.3, -0.25) is 14.9 Å². The highest BCUT2D eigenvalue weighted by molar-refractivity contribution is 9.11. The van der Waals surface area contributed by atoms with Crippen molar-refractivity contribution in [2.45, 2.75) is 13.5 Å². The van der Waals surface area contributed by atoms with E-state index in [1.165, 1.54) is 18.2 Å². The van der Waals surface area contributed by atoms with Crippen LogP contribution in [0.5, 0.6) is 5.75 Å². The average molecular weight is 606 g/mol. The van der Waals surface area contributed by atoms with Gasteiger partial charge in [-0.1, -0.05) is 41.4 Å². The molecule has 0 aliphatic carbocycles. The van der Waals surface area contributed by atoms with Gasteiger partial charge in [-0.2, -0.15) is 5.26 Å². The Morgan fingerprint density at radius 1 is 1.21 bits per heavy atom. The van der Waals surface area contributed by atoms with E-state index in [-0.39, 0.29) is 22.0 Å². The van der Waals surface area contributed by atoms with Crippen LogP contribution in [0.1, 0.15) is 16.7 Å². The molecule has 0 saturated carbocycles. The Bertz CT molecular complexity index is 1330. The van der Waals surface area contributed by atoms with E-state index in [0.29, 0.717) is 26.9 Å². The van der Waals surface area contributed by atoms with Crippen molar-refractivity contribution in [1.29, 1.82) is 5.26 Å². The molecule has 1 amide bonds. The van der Waals surface area contributed by atoms with E-state index in [4.69, 9.17) is 16.3 Å². The second-order valence-corrected chi connectivity index (χ2v) is 9.25. The SMILES string of the molecule is Cc1cccc(COc2c(Br)cc(/C=C(\C#N)C(=O)Nc3ccc(Cl)c([N+](=O)[O-])c3)cc2Br)c1. The quantitative estimate of drug-likeness (QED) is 0.133. The third kappa shape index (κ3) is 6.44. The molecule has 3 rings (SSSR count). The molecule has 3 aromatic carbocycles. The van der Waals surface area contributed by atoms with Gasteiger partial charge < -0.3 is 10.1 Å². The normalized spacial score (nSPS) is 11.0. The highest BCUT2D eigenvalue weighted by atomic mass is 79.9. The van der Waals surface area contributed by atoms with Gasteiger partial charge in [-0.25, -0.2) is 0 Å². The number of rotatable bonds is 7. The number of benzene rings is 3. The summed E-state index contributed by atoms with van der Waals surface area (Å²) < 4.78 is 7.20. The number of aryl methyl sites for hydroxylation is 1. The predicted octanol–water partition coefficient (Wildman–Crippen LogP) is 7.21. The fraction of sp³-hybridized carbons (Fsp3) is 0.0833. The topological polar surface area (TPSA) is 105 Å². The lowest BCUT2D eigenvalue weighted by Crippen LogP contribution is -2.13. The molecule has 0 aliphatic heterocycles. The smallest absolute Gasteiger partial charge is 0.289 e. The zero-order chi connectivity index (χ0) is 24.8. The summed E-state index contributed by atoms with van der Waals surface area (Å²) in [5, 5.41) is 23.0. The summed E-state index contributed by atoms with van der Waals surface area (Å²) in [4.78, 5) is 23.0. The van der Waals surface area contributed by atoms with E-state index < -0.39 is 10.8 Å². The molecule has 3 aromatic rings. The van der Waals surface area contributed by atoms with Crippen LogP contribution in [0.3, 0.4) is 0 Å². The van der Waals surface area contributed by atoms with Crippen molar-refractivity contribution in [3.05, 3.63) is 101 Å². The number of nitrogens with zero attached hydrogens (tertiary/aromatic N) is 2. The molecule has 0 unspecified atom stereocenters. The molecule has 0 atom stereocenters. The van der Waals surface area contributed by atoms with Crippen molar-refractivity contribution in [1.82, 2.24) is 0 Å². The van der Waals surface area contributed by atoms with Crippen LogP contribution in [0, 0.1) is 28.4 Å². The molecule has 0 radical (unpaired) electrons. The van der Waals surface area contributed by atoms with Crippen LogP contribution < -0.4 is 10.1 Å². The lowest BCUT2D eigenvalue weighted by Gasteiger charge is -2.12. The molecule has 0 aromatic heterocycles. The first kappa shape index (κ1) is 25.4. The van der Waals surface area contributed by atoms with Crippen LogP contribution in [0.4, 0.5) is 11.4 Å². The first-order valence-electron chi connectivity index (χ1n) is 9.72. The summed E-state index contributed by atoms with van der Waals surface area (Å²) in [5.41, 5.74) is 2.32. The molecule has 172 valence electrons. The number of nitro groups is 1. The number of nitrogens with one attached hydrogen (secondary N) is 1. The van der Waals surface area contributed by atoms with Gasteiger partial charge in [-0.15, -0.1) is 0 Å². The Kier molecular flexibility index (Phi) is 8.45. The maximum absolute atomic E-state index is 12.6. The number of hydrogen-bond donors (Lipinski definition) is 1. The molecular weight excluding hydrogens is 590 g/mol. The minimum Gasteiger partial charge on any atom is -0.487 e. The van der Waals surface area contributed by atoms with Crippen molar-refractivity contribution >= 4 is 66.8 Å². The maximum atomic E-state index is 12.6. The fourth-order valence-corrected chi connectivity index (χ4v) is 4.64. The van der Waals surface area contributed by atoms with Gasteiger partial charge in [0.1, 0.15) is 29.0 Å². The number of carbonyl (C=O) groups is 1. The number of ether oxygens (including phenoxy) is 1. The molecule has 1 N–H and O–H groups in total. The second-order valence-electron chi connectivity index (χ2n) is 7.14. The summed E-state index contributed by atoms with van der Waals surface area (Å²) in [5.74, 6) is -0.138. The monoisotopic (exact) mass is 603 g/mol. The van der Waals surface area contributed by atoms with Crippen LogP contribution in [-0.2, 0) is 11.4 Å². The minimum atomic E-state index is -0.717. The van der Waals surface area contributed by atoms with Gasteiger partial charge >= 0.3 is 0 Å². The third-order valence-corrected chi connectivity index (χ3v) is 6.06. The number of anilines is 1. The summed E-state index contributed by atoms with van der Waals surface area (Å²) >= 11 is 12.7. The van der Waals surface area contributed by atoms with Crippen LogP contribution in [0.15, 0.2) is 69.1 Å². The van der Waals surface area contributed by atoms with Crippen LogP contribution >= 0.6 is 43.5 Å². The van der Waals surface area contributed by atoms with Crippen LogP contribution in [0.2, 0.25) is 5.02 Å². The van der Waals surface area contributed by atoms with Gasteiger partial charge in [-0.05, 0) is 80.3 Å². The largest absolute Gasteiger partial charge is 0.487 e. The van der Waals surface area contributed by atoms with E-state index in [1.807, 2.05) is 37.3 Å². The van der Waals surface area contributed by atoms with Gasteiger partial charge in [0.25, 0.3) is 11.6 Å². The molecule has 10 heteroatoms.